The molecule has 2 nitrogen and oxygen atoms in total. The van der Waals surface area contributed by atoms with Gasteiger partial charge >= 0.3 is 0 Å². The number of unbranched alkanes of at least 4 members (excludes halogenated alkanes) is 3. The molecule has 0 fully saturated rings. The molecule has 0 amide bonds. The lowest BCUT2D eigenvalue weighted by molar-refractivity contribution is 0.510. The summed E-state index contributed by atoms with van der Waals surface area (Å²) in [4.78, 5) is 4.08. The zero-order chi connectivity index (χ0) is 12.3. The molecule has 0 aliphatic rings. The van der Waals surface area contributed by atoms with Crippen LogP contribution in [0.2, 0.25) is 0 Å². The van der Waals surface area contributed by atoms with Crippen LogP contribution in [0.5, 0.6) is 0 Å². The summed E-state index contributed by atoms with van der Waals surface area (Å²) in [6.45, 7) is 2.96. The molecule has 0 spiro atoms. The van der Waals surface area contributed by atoms with Crippen molar-refractivity contribution in [2.45, 2.75) is 39.2 Å². The van der Waals surface area contributed by atoms with Gasteiger partial charge in [0.25, 0.3) is 0 Å². The van der Waals surface area contributed by atoms with Crippen molar-refractivity contribution in [3.63, 3.8) is 0 Å². The molecule has 0 aliphatic heterocycles. The van der Waals surface area contributed by atoms with Gasteiger partial charge in [0.05, 0.1) is 17.4 Å². The average Bonchev–Trinajstić information content (AvgIpc) is 2.68. The molecule has 1 aromatic carbocycles. The molecule has 0 atom stereocenters. The minimum absolute atomic E-state index is 0.513. The fourth-order valence-electron chi connectivity index (χ4n) is 1.94. The van der Waals surface area contributed by atoms with Crippen LogP contribution in [0.3, 0.4) is 0 Å². The van der Waals surface area contributed by atoms with E-state index in [0.717, 1.165) is 25.5 Å². The number of rotatable bonds is 5. The van der Waals surface area contributed by atoms with E-state index in [1.807, 2.05) is 4.57 Å². The van der Waals surface area contributed by atoms with Gasteiger partial charge in [-0.25, -0.2) is 13.8 Å². The third-order valence-electron chi connectivity index (χ3n) is 2.92. The van der Waals surface area contributed by atoms with Crippen molar-refractivity contribution in [2.75, 3.05) is 0 Å². The van der Waals surface area contributed by atoms with Gasteiger partial charge in [-0.15, -0.1) is 0 Å². The van der Waals surface area contributed by atoms with Gasteiger partial charge in [-0.2, -0.15) is 0 Å². The topological polar surface area (TPSA) is 17.8 Å². The van der Waals surface area contributed by atoms with E-state index in [1.54, 1.807) is 6.33 Å². The number of aryl methyl sites for hydroxylation is 1. The summed E-state index contributed by atoms with van der Waals surface area (Å²) in [5, 5.41) is 0. The Balaban J connectivity index is 2.15. The molecule has 0 unspecified atom stereocenters. The molecule has 92 valence electrons. The largest absolute Gasteiger partial charge is 0.331 e. The number of benzene rings is 1. The summed E-state index contributed by atoms with van der Waals surface area (Å²) in [5.74, 6) is -1.65. The molecule has 0 N–H and O–H groups in total. The molecule has 0 aliphatic carbocycles. The van der Waals surface area contributed by atoms with Crippen molar-refractivity contribution in [3.8, 4) is 0 Å². The number of halogens is 2. The standard InChI is InChI=1S/C13H16F2N2/c1-2-3-4-5-6-17-9-16-12-7-10(14)11(15)8-13(12)17/h7-9H,2-6H2,1H3. The normalized spacial score (nSPS) is 11.2. The molecule has 0 bridgehead atoms. The first-order chi connectivity index (χ1) is 8.22. The van der Waals surface area contributed by atoms with Crippen molar-refractivity contribution in [1.29, 1.82) is 0 Å². The van der Waals surface area contributed by atoms with E-state index in [0.29, 0.717) is 11.0 Å². The maximum Gasteiger partial charge on any atom is 0.161 e. The first-order valence-corrected chi connectivity index (χ1v) is 6.02. The Bertz CT molecular complexity index is 505. The Hall–Kier alpha value is -1.45. The van der Waals surface area contributed by atoms with Gasteiger partial charge in [0.2, 0.25) is 0 Å². The molecule has 0 saturated heterocycles. The number of nitrogens with zero attached hydrogens (tertiary/aromatic N) is 2. The van der Waals surface area contributed by atoms with Crippen LogP contribution in [0.4, 0.5) is 8.78 Å². The Morgan fingerprint density at radius 3 is 2.65 bits per heavy atom. The minimum atomic E-state index is -0.839. The van der Waals surface area contributed by atoms with Crippen LogP contribution in [0.15, 0.2) is 18.5 Å². The highest BCUT2D eigenvalue weighted by molar-refractivity contribution is 5.75. The van der Waals surface area contributed by atoms with Crippen LogP contribution in [0.1, 0.15) is 32.6 Å². The van der Waals surface area contributed by atoms with Gasteiger partial charge in [0, 0.05) is 18.7 Å². The summed E-state index contributed by atoms with van der Waals surface area (Å²) >= 11 is 0. The van der Waals surface area contributed by atoms with E-state index in [-0.39, 0.29) is 0 Å². The van der Waals surface area contributed by atoms with Crippen LogP contribution in [0, 0.1) is 11.6 Å². The molecule has 1 heterocycles. The highest BCUT2D eigenvalue weighted by atomic mass is 19.2. The van der Waals surface area contributed by atoms with Gasteiger partial charge in [-0.05, 0) is 6.42 Å². The van der Waals surface area contributed by atoms with Gasteiger partial charge in [0.1, 0.15) is 0 Å². The smallest absolute Gasteiger partial charge is 0.161 e. The van der Waals surface area contributed by atoms with Gasteiger partial charge in [-0.3, -0.25) is 0 Å². The first-order valence-electron chi connectivity index (χ1n) is 6.02. The lowest BCUT2D eigenvalue weighted by atomic mass is 10.2. The lowest BCUT2D eigenvalue weighted by Gasteiger charge is -2.04. The predicted octanol–water partition coefficient (Wildman–Crippen LogP) is 3.89. The van der Waals surface area contributed by atoms with E-state index < -0.39 is 11.6 Å². The molecule has 0 saturated carbocycles. The Morgan fingerprint density at radius 2 is 1.88 bits per heavy atom. The van der Waals surface area contributed by atoms with Gasteiger partial charge in [-0.1, -0.05) is 26.2 Å². The predicted molar refractivity (Wildman–Crippen MR) is 63.8 cm³/mol. The van der Waals surface area contributed by atoms with Crippen LogP contribution in [-0.4, -0.2) is 9.55 Å². The van der Waals surface area contributed by atoms with Crippen LogP contribution < -0.4 is 0 Å². The van der Waals surface area contributed by atoms with Crippen LogP contribution in [-0.2, 0) is 6.54 Å². The molecule has 1 aromatic heterocycles. The van der Waals surface area contributed by atoms with Crippen molar-refractivity contribution in [3.05, 3.63) is 30.1 Å². The third kappa shape index (κ3) is 2.62. The first kappa shape index (κ1) is 12.0. The zero-order valence-electron chi connectivity index (χ0n) is 9.92. The fraction of sp³-hybridized carbons (Fsp3) is 0.462. The Labute approximate surface area is 99.3 Å². The van der Waals surface area contributed by atoms with E-state index >= 15 is 0 Å². The second kappa shape index (κ2) is 5.25. The highest BCUT2D eigenvalue weighted by Gasteiger charge is 2.08. The van der Waals surface area contributed by atoms with E-state index in [1.165, 1.54) is 18.9 Å². The maximum absolute atomic E-state index is 13.1. The Morgan fingerprint density at radius 1 is 1.12 bits per heavy atom. The summed E-state index contributed by atoms with van der Waals surface area (Å²) in [6, 6.07) is 2.37. The van der Waals surface area contributed by atoms with Gasteiger partial charge in [0.15, 0.2) is 11.6 Å². The van der Waals surface area contributed by atoms with Crippen molar-refractivity contribution in [2.24, 2.45) is 0 Å². The highest BCUT2D eigenvalue weighted by Crippen LogP contribution is 2.18. The van der Waals surface area contributed by atoms with Crippen LogP contribution in [0.25, 0.3) is 11.0 Å². The van der Waals surface area contributed by atoms with Crippen molar-refractivity contribution >= 4 is 11.0 Å². The molecule has 0 radical (unpaired) electrons. The number of imidazole rings is 1. The quantitative estimate of drug-likeness (QED) is 0.722. The second-order valence-electron chi connectivity index (χ2n) is 4.25. The molecule has 17 heavy (non-hydrogen) atoms. The van der Waals surface area contributed by atoms with E-state index in [9.17, 15) is 8.78 Å². The fourth-order valence-corrected chi connectivity index (χ4v) is 1.94. The number of hydrogen-bond donors (Lipinski definition) is 0. The zero-order valence-corrected chi connectivity index (χ0v) is 9.92. The second-order valence-corrected chi connectivity index (χ2v) is 4.25. The number of hydrogen-bond acceptors (Lipinski definition) is 1. The van der Waals surface area contributed by atoms with E-state index in [4.69, 9.17) is 0 Å². The molecule has 4 heteroatoms. The van der Waals surface area contributed by atoms with Crippen LogP contribution >= 0.6 is 0 Å². The molecular formula is C13H16F2N2. The van der Waals surface area contributed by atoms with E-state index in [2.05, 4.69) is 11.9 Å². The molecular weight excluding hydrogens is 222 g/mol. The summed E-state index contributed by atoms with van der Waals surface area (Å²) in [6.07, 6.45) is 6.23. The molecule has 2 aromatic rings. The summed E-state index contributed by atoms with van der Waals surface area (Å²) < 4.78 is 28.0. The minimum Gasteiger partial charge on any atom is -0.331 e. The third-order valence-corrected chi connectivity index (χ3v) is 2.92. The summed E-state index contributed by atoms with van der Waals surface area (Å²) in [5.41, 5.74) is 1.18. The average molecular weight is 238 g/mol. The molecule has 2 rings (SSSR count). The maximum atomic E-state index is 13.1. The van der Waals surface area contributed by atoms with Gasteiger partial charge < -0.3 is 4.57 Å². The number of aromatic nitrogens is 2. The SMILES string of the molecule is CCCCCCn1cnc2cc(F)c(F)cc21. The monoisotopic (exact) mass is 238 g/mol. The van der Waals surface area contributed by atoms with Crippen molar-refractivity contribution in [1.82, 2.24) is 9.55 Å². The Kier molecular flexibility index (Phi) is 3.71. The van der Waals surface area contributed by atoms with Crippen molar-refractivity contribution < 1.29 is 8.78 Å². The summed E-state index contributed by atoms with van der Waals surface area (Å²) in [7, 11) is 0. The number of fused-ring (bicyclic) bond motifs is 1. The lowest BCUT2D eigenvalue weighted by Crippen LogP contribution is -1.96.